The minimum atomic E-state index is -0.961. The van der Waals surface area contributed by atoms with Gasteiger partial charge in [-0.15, -0.1) is 0 Å². The van der Waals surface area contributed by atoms with Crippen LogP contribution < -0.4 is 5.73 Å². The molecule has 190 valence electrons. The van der Waals surface area contributed by atoms with Gasteiger partial charge in [-0.3, -0.25) is 9.78 Å². The second-order valence-corrected chi connectivity index (χ2v) is 9.47. The van der Waals surface area contributed by atoms with E-state index < -0.39 is 34.5 Å². The van der Waals surface area contributed by atoms with E-state index in [0.29, 0.717) is 12.0 Å². The maximum absolute atomic E-state index is 14.5. The molecule has 1 fully saturated rings. The third-order valence-electron chi connectivity index (χ3n) is 7.04. The molecule has 37 heavy (non-hydrogen) atoms. The molecule has 0 unspecified atom stereocenters. The van der Waals surface area contributed by atoms with Crippen molar-refractivity contribution < 1.29 is 18.0 Å². The molecule has 1 saturated carbocycles. The SMILES string of the molecule is C[C@H]1C[C@@H](c2ccncc2CC(=O)c2ccc(F)c(-c3c(F)cccc3F)n2)C[C@@H](N)[C@H]1n1cncn1. The number of carbonyl (C=O) groups excluding carboxylic acids is 1. The van der Waals surface area contributed by atoms with Gasteiger partial charge in [-0.2, -0.15) is 5.10 Å². The number of halogens is 3. The van der Waals surface area contributed by atoms with Crippen molar-refractivity contribution in [1.29, 1.82) is 0 Å². The highest BCUT2D eigenvalue weighted by Crippen LogP contribution is 2.42. The summed E-state index contributed by atoms with van der Waals surface area (Å²) in [7, 11) is 0. The molecule has 1 aliphatic rings. The summed E-state index contributed by atoms with van der Waals surface area (Å²) in [5, 5.41) is 4.27. The number of hydrogen-bond acceptors (Lipinski definition) is 6. The highest BCUT2D eigenvalue weighted by Gasteiger charge is 2.36. The lowest BCUT2D eigenvalue weighted by molar-refractivity contribution is 0.0987. The first-order valence-corrected chi connectivity index (χ1v) is 12.0. The van der Waals surface area contributed by atoms with E-state index in [1.54, 1.807) is 23.4 Å². The highest BCUT2D eigenvalue weighted by molar-refractivity contribution is 5.96. The number of aromatic nitrogens is 5. The van der Waals surface area contributed by atoms with Gasteiger partial charge in [0, 0.05) is 24.9 Å². The van der Waals surface area contributed by atoms with Crippen LogP contribution in [0.1, 0.15) is 53.3 Å². The number of rotatable bonds is 6. The molecule has 3 heterocycles. The van der Waals surface area contributed by atoms with Gasteiger partial charge in [-0.25, -0.2) is 27.8 Å². The van der Waals surface area contributed by atoms with Crippen molar-refractivity contribution in [3.8, 4) is 11.3 Å². The fraction of sp³-hybridized carbons (Fsp3) is 0.296. The predicted molar refractivity (Wildman–Crippen MR) is 130 cm³/mol. The van der Waals surface area contributed by atoms with Crippen molar-refractivity contribution in [3.63, 3.8) is 0 Å². The molecule has 0 bridgehead atoms. The van der Waals surface area contributed by atoms with Crippen LogP contribution in [-0.2, 0) is 6.42 Å². The van der Waals surface area contributed by atoms with Gasteiger partial charge in [0.05, 0.1) is 11.6 Å². The molecule has 0 aliphatic heterocycles. The number of nitrogens with zero attached hydrogens (tertiary/aromatic N) is 5. The van der Waals surface area contributed by atoms with Gasteiger partial charge in [-0.1, -0.05) is 13.0 Å². The van der Waals surface area contributed by atoms with Gasteiger partial charge < -0.3 is 5.73 Å². The first-order valence-electron chi connectivity index (χ1n) is 12.0. The van der Waals surface area contributed by atoms with Crippen molar-refractivity contribution >= 4 is 5.78 Å². The Morgan fingerprint density at radius 1 is 1.05 bits per heavy atom. The topological polar surface area (TPSA) is 99.6 Å². The van der Waals surface area contributed by atoms with E-state index in [1.807, 2.05) is 6.07 Å². The molecule has 0 saturated heterocycles. The third-order valence-corrected chi connectivity index (χ3v) is 7.04. The Morgan fingerprint density at radius 2 is 1.84 bits per heavy atom. The highest BCUT2D eigenvalue weighted by atomic mass is 19.1. The molecule has 4 aromatic rings. The van der Waals surface area contributed by atoms with Crippen LogP contribution in [0.15, 0.2) is 61.4 Å². The van der Waals surface area contributed by atoms with Crippen LogP contribution in [-0.4, -0.2) is 36.6 Å². The summed E-state index contributed by atoms with van der Waals surface area (Å²) >= 11 is 0. The van der Waals surface area contributed by atoms with Crippen LogP contribution in [0.2, 0.25) is 0 Å². The number of nitrogens with two attached hydrogens (primary N) is 1. The molecule has 3 aromatic heterocycles. The molecule has 10 heteroatoms. The van der Waals surface area contributed by atoms with Crippen molar-refractivity contribution in [2.75, 3.05) is 0 Å². The summed E-state index contributed by atoms with van der Waals surface area (Å²) in [6, 6.07) is 7.17. The van der Waals surface area contributed by atoms with Crippen LogP contribution in [0.3, 0.4) is 0 Å². The second-order valence-electron chi connectivity index (χ2n) is 9.47. The third kappa shape index (κ3) is 4.89. The number of ketones is 1. The minimum Gasteiger partial charge on any atom is -0.326 e. The summed E-state index contributed by atoms with van der Waals surface area (Å²) < 4.78 is 44.8. The monoisotopic (exact) mass is 506 g/mol. The van der Waals surface area contributed by atoms with Crippen LogP contribution in [0.25, 0.3) is 11.3 Å². The largest absolute Gasteiger partial charge is 0.326 e. The van der Waals surface area contributed by atoms with E-state index in [-0.39, 0.29) is 36.0 Å². The summed E-state index contributed by atoms with van der Waals surface area (Å²) in [5.74, 6) is -2.95. The first-order chi connectivity index (χ1) is 17.8. The summed E-state index contributed by atoms with van der Waals surface area (Å²) in [5.41, 5.74) is 7.00. The zero-order chi connectivity index (χ0) is 26.1. The molecule has 0 radical (unpaired) electrons. The smallest absolute Gasteiger partial charge is 0.185 e. The van der Waals surface area contributed by atoms with Gasteiger partial charge in [0.1, 0.15) is 41.5 Å². The predicted octanol–water partition coefficient (Wildman–Crippen LogP) is 4.66. The molecule has 1 aliphatic carbocycles. The van der Waals surface area contributed by atoms with Gasteiger partial charge in [-0.05, 0) is 66.1 Å². The van der Waals surface area contributed by atoms with E-state index in [0.717, 1.165) is 30.2 Å². The van der Waals surface area contributed by atoms with E-state index in [1.165, 1.54) is 18.5 Å². The lowest BCUT2D eigenvalue weighted by atomic mass is 9.72. The van der Waals surface area contributed by atoms with Crippen LogP contribution in [0, 0.1) is 23.4 Å². The van der Waals surface area contributed by atoms with Crippen LogP contribution >= 0.6 is 0 Å². The molecule has 7 nitrogen and oxygen atoms in total. The number of hydrogen-bond donors (Lipinski definition) is 1. The van der Waals surface area contributed by atoms with E-state index in [9.17, 15) is 18.0 Å². The van der Waals surface area contributed by atoms with Crippen LogP contribution in [0.4, 0.5) is 13.2 Å². The molecule has 1 aromatic carbocycles. The second kappa shape index (κ2) is 10.2. The summed E-state index contributed by atoms with van der Waals surface area (Å²) in [4.78, 5) is 25.4. The molecular weight excluding hydrogens is 481 g/mol. The maximum atomic E-state index is 14.5. The molecule has 0 amide bonds. The zero-order valence-electron chi connectivity index (χ0n) is 20.1. The average molecular weight is 507 g/mol. The molecular formula is C27H25F3N6O. The Labute approximate surface area is 211 Å². The maximum Gasteiger partial charge on any atom is 0.185 e. The number of Topliss-reactive ketones (excluding diaryl/α,β-unsaturated/α-hetero) is 1. The number of benzene rings is 1. The summed E-state index contributed by atoms with van der Waals surface area (Å²) in [6.45, 7) is 2.12. The number of carbonyl (C=O) groups is 1. The Bertz CT molecular complexity index is 1400. The Balaban J connectivity index is 1.40. The standard InChI is InChI=1S/C27H25F3N6O/c1-15-9-16(10-22(31)27(15)36-14-33-13-34-36)18-7-8-32-12-17(18)11-24(37)23-6-5-21(30)26(35-23)25-19(28)3-2-4-20(25)29/h2-8,12-16,22,27H,9-11,31H2,1H3/t15-,16+,22+,27-/m0/s1. The zero-order valence-corrected chi connectivity index (χ0v) is 20.1. The lowest BCUT2D eigenvalue weighted by Crippen LogP contribution is -2.42. The van der Waals surface area contributed by atoms with Crippen molar-refractivity contribution in [3.05, 3.63) is 95.7 Å². The molecule has 4 atom stereocenters. The Kier molecular flexibility index (Phi) is 6.84. The molecule has 5 rings (SSSR count). The van der Waals surface area contributed by atoms with E-state index in [2.05, 4.69) is 27.0 Å². The van der Waals surface area contributed by atoms with Gasteiger partial charge in [0.15, 0.2) is 5.78 Å². The fourth-order valence-electron chi connectivity index (χ4n) is 5.40. The molecule has 0 spiro atoms. The van der Waals surface area contributed by atoms with Gasteiger partial charge >= 0.3 is 0 Å². The van der Waals surface area contributed by atoms with Crippen molar-refractivity contribution in [2.24, 2.45) is 11.7 Å². The van der Waals surface area contributed by atoms with Gasteiger partial charge in [0.2, 0.25) is 0 Å². The van der Waals surface area contributed by atoms with Gasteiger partial charge in [0.25, 0.3) is 0 Å². The van der Waals surface area contributed by atoms with Crippen LogP contribution in [0.5, 0.6) is 0 Å². The lowest BCUT2D eigenvalue weighted by Gasteiger charge is -2.39. The molecule has 2 N–H and O–H groups in total. The Hall–Kier alpha value is -3.92. The minimum absolute atomic E-state index is 0.0197. The van der Waals surface area contributed by atoms with E-state index in [4.69, 9.17) is 5.73 Å². The quantitative estimate of drug-likeness (QED) is 0.382. The van der Waals surface area contributed by atoms with E-state index >= 15 is 0 Å². The van der Waals surface area contributed by atoms with Crippen molar-refractivity contribution in [1.82, 2.24) is 24.7 Å². The fourth-order valence-corrected chi connectivity index (χ4v) is 5.40. The average Bonchev–Trinajstić information content (AvgIpc) is 3.39. The summed E-state index contributed by atoms with van der Waals surface area (Å²) in [6.07, 6.45) is 7.95. The Morgan fingerprint density at radius 3 is 2.54 bits per heavy atom. The van der Waals surface area contributed by atoms with Crippen molar-refractivity contribution in [2.45, 2.75) is 44.2 Å². The number of pyridine rings is 2. The first kappa shape index (κ1) is 24.8. The normalized spacial score (nSPS) is 21.6.